The standard InChI is InChI=1S/C25H30N2O2/c1-15-8-10-20-18(12-15)24-17-6-4-5-7-19(17)26-21(25(24)27-20)13-16-9-11-22(28-2)23(14-16)29-3/h8-12,14,17,19,21,26-27H,4-7,13H2,1-3H3. The van der Waals surface area contributed by atoms with Crippen molar-refractivity contribution in [3.05, 3.63) is 58.8 Å². The molecule has 0 saturated heterocycles. The van der Waals surface area contributed by atoms with Gasteiger partial charge in [0, 0.05) is 28.6 Å². The molecule has 2 N–H and O–H groups in total. The van der Waals surface area contributed by atoms with Gasteiger partial charge < -0.3 is 19.8 Å². The predicted octanol–water partition coefficient (Wildman–Crippen LogP) is 5.41. The minimum absolute atomic E-state index is 0.287. The number of benzene rings is 2. The van der Waals surface area contributed by atoms with E-state index in [1.54, 1.807) is 19.8 Å². The lowest BCUT2D eigenvalue weighted by Gasteiger charge is -2.41. The van der Waals surface area contributed by atoms with Gasteiger partial charge in [-0.25, -0.2) is 0 Å². The van der Waals surface area contributed by atoms with Crippen LogP contribution in [0.25, 0.3) is 10.9 Å². The van der Waals surface area contributed by atoms with Crippen LogP contribution in [0.5, 0.6) is 11.5 Å². The van der Waals surface area contributed by atoms with Gasteiger partial charge in [0.1, 0.15) is 0 Å². The van der Waals surface area contributed by atoms with Gasteiger partial charge in [-0.2, -0.15) is 0 Å². The van der Waals surface area contributed by atoms with E-state index in [0.29, 0.717) is 12.0 Å². The summed E-state index contributed by atoms with van der Waals surface area (Å²) in [5.74, 6) is 2.20. The van der Waals surface area contributed by atoms with Crippen molar-refractivity contribution < 1.29 is 9.47 Å². The molecular formula is C25H30N2O2. The summed E-state index contributed by atoms with van der Waals surface area (Å²) < 4.78 is 10.9. The second kappa shape index (κ2) is 7.42. The van der Waals surface area contributed by atoms with E-state index in [1.165, 1.54) is 53.4 Å². The zero-order chi connectivity index (χ0) is 20.0. The Morgan fingerprint density at radius 1 is 0.966 bits per heavy atom. The fraction of sp³-hybridized carbons (Fsp3) is 0.440. The van der Waals surface area contributed by atoms with Crippen molar-refractivity contribution in [2.24, 2.45) is 0 Å². The number of nitrogens with one attached hydrogen (secondary N) is 2. The molecule has 3 atom stereocenters. The van der Waals surface area contributed by atoms with Gasteiger partial charge in [0.05, 0.1) is 20.3 Å². The third kappa shape index (κ3) is 3.20. The smallest absolute Gasteiger partial charge is 0.160 e. The summed E-state index contributed by atoms with van der Waals surface area (Å²) in [7, 11) is 3.38. The Labute approximate surface area is 172 Å². The number of fused-ring (bicyclic) bond motifs is 5. The van der Waals surface area contributed by atoms with Crippen molar-refractivity contribution >= 4 is 10.9 Å². The maximum Gasteiger partial charge on any atom is 0.160 e. The summed E-state index contributed by atoms with van der Waals surface area (Å²) in [5.41, 5.74) is 6.81. The van der Waals surface area contributed by atoms with Crippen molar-refractivity contribution in [3.63, 3.8) is 0 Å². The molecule has 152 valence electrons. The summed E-state index contributed by atoms with van der Waals surface area (Å²) in [4.78, 5) is 3.78. The van der Waals surface area contributed by atoms with Crippen molar-refractivity contribution in [3.8, 4) is 11.5 Å². The van der Waals surface area contributed by atoms with Gasteiger partial charge in [0.15, 0.2) is 11.5 Å². The zero-order valence-electron chi connectivity index (χ0n) is 17.5. The Bertz CT molecular complexity index is 1040. The highest BCUT2D eigenvalue weighted by molar-refractivity contribution is 5.86. The first-order chi connectivity index (χ1) is 14.2. The lowest BCUT2D eigenvalue weighted by Crippen LogP contribution is -2.44. The number of ether oxygens (including phenoxy) is 2. The van der Waals surface area contributed by atoms with Crippen LogP contribution >= 0.6 is 0 Å². The average molecular weight is 391 g/mol. The molecule has 2 heterocycles. The molecular weight excluding hydrogens is 360 g/mol. The van der Waals surface area contributed by atoms with Crippen molar-refractivity contribution in [1.29, 1.82) is 0 Å². The van der Waals surface area contributed by atoms with E-state index in [4.69, 9.17) is 9.47 Å². The van der Waals surface area contributed by atoms with Crippen LogP contribution in [-0.4, -0.2) is 25.2 Å². The zero-order valence-corrected chi connectivity index (χ0v) is 17.5. The number of rotatable bonds is 4. The Morgan fingerprint density at radius 3 is 2.62 bits per heavy atom. The normalized spacial score (nSPS) is 23.5. The van der Waals surface area contributed by atoms with Crippen LogP contribution in [0.4, 0.5) is 0 Å². The molecule has 2 aromatic carbocycles. The lowest BCUT2D eigenvalue weighted by atomic mass is 9.74. The van der Waals surface area contributed by atoms with Crippen molar-refractivity contribution in [2.45, 2.75) is 57.0 Å². The van der Waals surface area contributed by atoms with E-state index in [9.17, 15) is 0 Å². The van der Waals surface area contributed by atoms with Crippen LogP contribution in [0.15, 0.2) is 36.4 Å². The van der Waals surface area contributed by atoms with E-state index >= 15 is 0 Å². The monoisotopic (exact) mass is 390 g/mol. The van der Waals surface area contributed by atoms with Crippen molar-refractivity contribution in [2.75, 3.05) is 14.2 Å². The molecule has 0 bridgehead atoms. The van der Waals surface area contributed by atoms with Gasteiger partial charge in [-0.15, -0.1) is 0 Å². The van der Waals surface area contributed by atoms with Gasteiger partial charge in [-0.05, 0) is 61.6 Å². The highest BCUT2D eigenvalue weighted by Gasteiger charge is 2.38. The molecule has 4 heteroatoms. The number of H-pyrrole nitrogens is 1. The Morgan fingerprint density at radius 2 is 1.79 bits per heavy atom. The molecule has 0 spiro atoms. The maximum absolute atomic E-state index is 5.53. The summed E-state index contributed by atoms with van der Waals surface area (Å²) in [6, 6.07) is 14.0. The van der Waals surface area contributed by atoms with Crippen LogP contribution in [0.1, 0.15) is 60.0 Å². The topological polar surface area (TPSA) is 46.3 Å². The van der Waals surface area contributed by atoms with E-state index < -0.39 is 0 Å². The molecule has 1 aliphatic heterocycles. The molecule has 4 nitrogen and oxygen atoms in total. The summed E-state index contributed by atoms with van der Waals surface area (Å²) in [5, 5.41) is 5.42. The summed E-state index contributed by atoms with van der Waals surface area (Å²) in [6.07, 6.45) is 6.15. The fourth-order valence-electron chi connectivity index (χ4n) is 5.44. The van der Waals surface area contributed by atoms with E-state index in [2.05, 4.69) is 47.6 Å². The highest BCUT2D eigenvalue weighted by atomic mass is 16.5. The van der Waals surface area contributed by atoms with E-state index in [-0.39, 0.29) is 6.04 Å². The molecule has 3 aromatic rings. The van der Waals surface area contributed by atoms with Crippen LogP contribution in [0.2, 0.25) is 0 Å². The SMILES string of the molecule is COc1ccc(CC2NC3CCCCC3c3c2[nH]c2ccc(C)cc32)cc1OC. The van der Waals surface area contributed by atoms with Crippen LogP contribution < -0.4 is 14.8 Å². The Kier molecular flexibility index (Phi) is 4.75. The van der Waals surface area contributed by atoms with Gasteiger partial charge in [0.2, 0.25) is 0 Å². The van der Waals surface area contributed by atoms with Crippen LogP contribution in [0, 0.1) is 6.92 Å². The second-order valence-electron chi connectivity index (χ2n) is 8.61. The third-order valence-electron chi connectivity index (χ3n) is 6.81. The molecule has 0 radical (unpaired) electrons. The van der Waals surface area contributed by atoms with Gasteiger partial charge in [-0.3, -0.25) is 0 Å². The molecule has 0 amide bonds. The van der Waals surface area contributed by atoms with Gasteiger partial charge >= 0.3 is 0 Å². The summed E-state index contributed by atoms with van der Waals surface area (Å²) in [6.45, 7) is 2.19. The van der Waals surface area contributed by atoms with Crippen molar-refractivity contribution in [1.82, 2.24) is 10.3 Å². The summed E-state index contributed by atoms with van der Waals surface area (Å²) >= 11 is 0. The number of aromatic amines is 1. The van der Waals surface area contributed by atoms with Crippen LogP contribution in [0.3, 0.4) is 0 Å². The van der Waals surface area contributed by atoms with E-state index in [0.717, 1.165) is 17.9 Å². The molecule has 2 aliphatic rings. The highest BCUT2D eigenvalue weighted by Crippen LogP contribution is 2.45. The number of hydrogen-bond donors (Lipinski definition) is 2. The predicted molar refractivity (Wildman–Crippen MR) is 117 cm³/mol. The second-order valence-corrected chi connectivity index (χ2v) is 8.61. The Hall–Kier alpha value is -2.46. The Balaban J connectivity index is 1.57. The lowest BCUT2D eigenvalue weighted by molar-refractivity contribution is 0.274. The molecule has 1 aliphatic carbocycles. The number of methoxy groups -OCH3 is 2. The molecule has 1 saturated carbocycles. The first kappa shape index (κ1) is 18.6. The molecule has 3 unspecified atom stereocenters. The fourth-order valence-corrected chi connectivity index (χ4v) is 5.44. The quantitative estimate of drug-likeness (QED) is 0.626. The molecule has 1 fully saturated rings. The largest absolute Gasteiger partial charge is 0.493 e. The third-order valence-corrected chi connectivity index (χ3v) is 6.81. The number of aromatic nitrogens is 1. The van der Waals surface area contributed by atoms with Crippen LogP contribution in [-0.2, 0) is 6.42 Å². The maximum atomic E-state index is 5.53. The first-order valence-electron chi connectivity index (χ1n) is 10.8. The molecule has 1 aromatic heterocycles. The minimum atomic E-state index is 0.287. The molecule has 29 heavy (non-hydrogen) atoms. The number of aryl methyl sites for hydroxylation is 1. The van der Waals surface area contributed by atoms with Gasteiger partial charge in [0.25, 0.3) is 0 Å². The first-order valence-corrected chi connectivity index (χ1v) is 10.8. The molecule has 5 rings (SSSR count). The minimum Gasteiger partial charge on any atom is -0.493 e. The average Bonchev–Trinajstić information content (AvgIpc) is 3.13. The van der Waals surface area contributed by atoms with Gasteiger partial charge in [-0.1, -0.05) is 30.5 Å². The number of hydrogen-bond acceptors (Lipinski definition) is 3. The van der Waals surface area contributed by atoms with E-state index in [1.807, 2.05) is 6.07 Å².